The number of fused-ring (bicyclic) bond motifs is 1. The first-order chi connectivity index (χ1) is 10.2. The summed E-state index contributed by atoms with van der Waals surface area (Å²) in [6.07, 6.45) is 7.74. The van der Waals surface area contributed by atoms with Gasteiger partial charge in [0.25, 0.3) is 0 Å². The van der Waals surface area contributed by atoms with Crippen molar-refractivity contribution in [2.45, 2.75) is 64.0 Å². The summed E-state index contributed by atoms with van der Waals surface area (Å²) in [6.45, 7) is 6.62. The van der Waals surface area contributed by atoms with Crippen LogP contribution in [0.5, 0.6) is 0 Å². The monoisotopic (exact) mass is 286 g/mol. The normalized spacial score (nSPS) is 25.4. The third kappa shape index (κ3) is 2.89. The molecule has 116 valence electrons. The van der Waals surface area contributed by atoms with E-state index >= 15 is 0 Å². The van der Waals surface area contributed by atoms with E-state index in [1.165, 1.54) is 56.2 Å². The maximum absolute atomic E-state index is 6.38. The van der Waals surface area contributed by atoms with Gasteiger partial charge in [0, 0.05) is 12.6 Å². The molecule has 0 saturated heterocycles. The molecule has 1 unspecified atom stereocenters. The van der Waals surface area contributed by atoms with E-state index in [9.17, 15) is 0 Å². The minimum atomic E-state index is 0.102. The topological polar surface area (TPSA) is 29.3 Å². The average Bonchev–Trinajstić information content (AvgIpc) is 3.32. The van der Waals surface area contributed by atoms with Crippen LogP contribution in [0.3, 0.4) is 0 Å². The fourth-order valence-corrected chi connectivity index (χ4v) is 4.06. The molecule has 2 N–H and O–H groups in total. The Balaban J connectivity index is 1.94. The molecule has 2 nitrogen and oxygen atoms in total. The van der Waals surface area contributed by atoms with Crippen molar-refractivity contribution in [3.63, 3.8) is 0 Å². The Morgan fingerprint density at radius 3 is 2.71 bits per heavy atom. The maximum atomic E-state index is 6.38. The Labute approximate surface area is 129 Å². The van der Waals surface area contributed by atoms with E-state index in [1.54, 1.807) is 0 Å². The summed E-state index contributed by atoms with van der Waals surface area (Å²) in [5.74, 6) is 0.764. The molecule has 0 aromatic heterocycles. The smallest absolute Gasteiger partial charge is 0.0588 e. The Hall–Kier alpha value is -0.860. The number of hydrogen-bond donors (Lipinski definition) is 1. The molecule has 1 aromatic carbocycles. The zero-order valence-electron chi connectivity index (χ0n) is 13.6. The predicted octanol–water partition coefficient (Wildman–Crippen LogP) is 3.69. The molecule has 0 amide bonds. The third-order valence-corrected chi connectivity index (χ3v) is 5.38. The molecule has 0 spiro atoms. The predicted molar refractivity (Wildman–Crippen MR) is 89.3 cm³/mol. The van der Waals surface area contributed by atoms with Crippen molar-refractivity contribution in [3.05, 3.63) is 35.4 Å². The largest absolute Gasteiger partial charge is 0.328 e. The van der Waals surface area contributed by atoms with Crippen LogP contribution in [0, 0.1) is 5.92 Å². The van der Waals surface area contributed by atoms with Crippen LogP contribution in [0.2, 0.25) is 0 Å². The number of benzene rings is 1. The van der Waals surface area contributed by atoms with Crippen molar-refractivity contribution in [3.8, 4) is 0 Å². The second kappa shape index (κ2) is 6.10. The van der Waals surface area contributed by atoms with E-state index < -0.39 is 0 Å². The number of aryl methyl sites for hydroxylation is 1. The fraction of sp³-hybridized carbons (Fsp3) is 0.684. The van der Waals surface area contributed by atoms with Gasteiger partial charge in [0.15, 0.2) is 0 Å². The molecule has 1 aromatic rings. The molecule has 0 radical (unpaired) electrons. The van der Waals surface area contributed by atoms with Gasteiger partial charge in [-0.1, -0.05) is 38.1 Å². The highest BCUT2D eigenvalue weighted by Gasteiger charge is 2.46. The standard InChI is InChI=1S/C19H30N2/c1-15(2)11-13-21(17-9-10-17)19(14-20)12-5-7-16-6-3-4-8-18(16)19/h3-4,6,8,15,17H,5,7,9-14,20H2,1-2H3. The second-order valence-electron chi connectivity index (χ2n) is 7.35. The van der Waals surface area contributed by atoms with Gasteiger partial charge in [0.05, 0.1) is 5.54 Å². The molecule has 1 saturated carbocycles. The van der Waals surface area contributed by atoms with E-state index in [-0.39, 0.29) is 5.54 Å². The molecular weight excluding hydrogens is 256 g/mol. The van der Waals surface area contributed by atoms with Crippen molar-refractivity contribution in [2.75, 3.05) is 13.1 Å². The van der Waals surface area contributed by atoms with Crippen LogP contribution in [0.4, 0.5) is 0 Å². The van der Waals surface area contributed by atoms with Crippen LogP contribution in [0.15, 0.2) is 24.3 Å². The lowest BCUT2D eigenvalue weighted by Crippen LogP contribution is -2.54. The summed E-state index contributed by atoms with van der Waals surface area (Å²) in [4.78, 5) is 2.78. The highest BCUT2D eigenvalue weighted by molar-refractivity contribution is 5.37. The summed E-state index contributed by atoms with van der Waals surface area (Å²) in [6, 6.07) is 9.81. The van der Waals surface area contributed by atoms with Crippen LogP contribution in [0.25, 0.3) is 0 Å². The highest BCUT2D eigenvalue weighted by atomic mass is 15.3. The summed E-state index contributed by atoms with van der Waals surface area (Å²) in [5, 5.41) is 0. The first kappa shape index (κ1) is 15.1. The van der Waals surface area contributed by atoms with E-state index in [2.05, 4.69) is 43.0 Å². The van der Waals surface area contributed by atoms with Gasteiger partial charge in [-0.3, -0.25) is 4.90 Å². The van der Waals surface area contributed by atoms with Gasteiger partial charge >= 0.3 is 0 Å². The minimum absolute atomic E-state index is 0.102. The third-order valence-electron chi connectivity index (χ3n) is 5.38. The molecule has 0 bridgehead atoms. The SMILES string of the molecule is CC(C)CCN(C1CC1)C1(CN)CCCc2ccccc21. The van der Waals surface area contributed by atoms with Crippen LogP contribution in [-0.2, 0) is 12.0 Å². The van der Waals surface area contributed by atoms with E-state index in [0.29, 0.717) is 0 Å². The van der Waals surface area contributed by atoms with Gasteiger partial charge in [0.1, 0.15) is 0 Å². The van der Waals surface area contributed by atoms with Crippen LogP contribution in [0.1, 0.15) is 57.1 Å². The van der Waals surface area contributed by atoms with Crippen molar-refractivity contribution < 1.29 is 0 Å². The van der Waals surface area contributed by atoms with E-state index in [0.717, 1.165) is 18.5 Å². The Bertz CT molecular complexity index is 478. The Morgan fingerprint density at radius 1 is 1.29 bits per heavy atom. The fourth-order valence-electron chi connectivity index (χ4n) is 4.06. The molecule has 1 fully saturated rings. The lowest BCUT2D eigenvalue weighted by Gasteiger charge is -2.48. The first-order valence-electron chi connectivity index (χ1n) is 8.72. The van der Waals surface area contributed by atoms with Gasteiger partial charge in [-0.15, -0.1) is 0 Å². The number of hydrogen-bond acceptors (Lipinski definition) is 2. The van der Waals surface area contributed by atoms with Crippen molar-refractivity contribution in [2.24, 2.45) is 11.7 Å². The zero-order chi connectivity index (χ0) is 14.9. The number of rotatable bonds is 6. The van der Waals surface area contributed by atoms with Crippen LogP contribution in [-0.4, -0.2) is 24.0 Å². The van der Waals surface area contributed by atoms with Gasteiger partial charge < -0.3 is 5.73 Å². The molecule has 0 heterocycles. The van der Waals surface area contributed by atoms with Crippen molar-refractivity contribution in [1.82, 2.24) is 4.90 Å². The minimum Gasteiger partial charge on any atom is -0.328 e. The molecule has 1 atom stereocenters. The molecular formula is C19H30N2. The zero-order valence-corrected chi connectivity index (χ0v) is 13.6. The van der Waals surface area contributed by atoms with E-state index in [1.807, 2.05) is 0 Å². The Kier molecular flexibility index (Phi) is 4.37. The molecule has 2 heteroatoms. The van der Waals surface area contributed by atoms with Gasteiger partial charge in [-0.05, 0) is 62.1 Å². The summed E-state index contributed by atoms with van der Waals surface area (Å²) in [5.41, 5.74) is 9.54. The van der Waals surface area contributed by atoms with Gasteiger partial charge in [-0.2, -0.15) is 0 Å². The molecule has 3 rings (SSSR count). The summed E-state index contributed by atoms with van der Waals surface area (Å²) >= 11 is 0. The number of nitrogens with zero attached hydrogens (tertiary/aromatic N) is 1. The quantitative estimate of drug-likeness (QED) is 0.864. The number of nitrogens with two attached hydrogens (primary N) is 1. The Morgan fingerprint density at radius 2 is 2.05 bits per heavy atom. The average molecular weight is 286 g/mol. The van der Waals surface area contributed by atoms with E-state index in [4.69, 9.17) is 5.73 Å². The first-order valence-corrected chi connectivity index (χ1v) is 8.72. The second-order valence-corrected chi connectivity index (χ2v) is 7.35. The summed E-state index contributed by atoms with van der Waals surface area (Å²) in [7, 11) is 0. The molecule has 21 heavy (non-hydrogen) atoms. The van der Waals surface area contributed by atoms with Gasteiger partial charge in [0.2, 0.25) is 0 Å². The van der Waals surface area contributed by atoms with Crippen LogP contribution >= 0.6 is 0 Å². The van der Waals surface area contributed by atoms with Crippen molar-refractivity contribution in [1.29, 1.82) is 0 Å². The lowest BCUT2D eigenvalue weighted by molar-refractivity contribution is 0.0602. The van der Waals surface area contributed by atoms with Crippen molar-refractivity contribution >= 4 is 0 Å². The lowest BCUT2D eigenvalue weighted by atomic mass is 9.75. The van der Waals surface area contributed by atoms with Crippen LogP contribution < -0.4 is 5.73 Å². The molecule has 2 aliphatic carbocycles. The molecule has 0 aliphatic heterocycles. The highest BCUT2D eigenvalue weighted by Crippen LogP contribution is 2.45. The van der Waals surface area contributed by atoms with Gasteiger partial charge in [-0.25, -0.2) is 0 Å². The molecule has 2 aliphatic rings. The maximum Gasteiger partial charge on any atom is 0.0588 e. The summed E-state index contributed by atoms with van der Waals surface area (Å²) < 4.78 is 0.